The Balaban J connectivity index is 1.84. The molecule has 2 aromatic heterocycles. The molecular formula is C19H16N4O3. The number of nitrogens with zero attached hydrogens (tertiary/aromatic N) is 2. The number of methoxy groups -OCH3 is 1. The molecule has 3 heterocycles. The van der Waals surface area contributed by atoms with Gasteiger partial charge in [0.2, 0.25) is 5.91 Å². The first-order valence-corrected chi connectivity index (χ1v) is 8.16. The second-order valence-corrected chi connectivity index (χ2v) is 5.97. The summed E-state index contributed by atoms with van der Waals surface area (Å²) in [5.74, 6) is -0.464. The first kappa shape index (κ1) is 16.0. The molecule has 1 amide bonds. The van der Waals surface area contributed by atoms with Crippen molar-refractivity contribution in [1.82, 2.24) is 15.2 Å². The van der Waals surface area contributed by atoms with Gasteiger partial charge in [0, 0.05) is 23.6 Å². The van der Waals surface area contributed by atoms with Gasteiger partial charge < -0.3 is 10.1 Å². The van der Waals surface area contributed by atoms with Crippen LogP contribution >= 0.6 is 0 Å². The largest absolute Gasteiger partial charge is 0.464 e. The van der Waals surface area contributed by atoms with Gasteiger partial charge in [0.05, 0.1) is 12.8 Å². The topological polar surface area (TPSA) is 97.0 Å². The summed E-state index contributed by atoms with van der Waals surface area (Å²) in [6.45, 7) is 0. The molecule has 4 rings (SSSR count). The normalized spacial score (nSPS) is 15.9. The van der Waals surface area contributed by atoms with Crippen molar-refractivity contribution in [1.29, 1.82) is 0 Å². The van der Waals surface area contributed by atoms with Gasteiger partial charge in [0.15, 0.2) is 5.82 Å². The molecule has 1 aromatic carbocycles. The van der Waals surface area contributed by atoms with Crippen molar-refractivity contribution >= 4 is 17.7 Å². The van der Waals surface area contributed by atoms with E-state index in [2.05, 4.69) is 20.5 Å². The second kappa shape index (κ2) is 6.44. The van der Waals surface area contributed by atoms with Gasteiger partial charge in [0.25, 0.3) is 0 Å². The standard InChI is InChI=1S/C19H16N4O3/c1-26-19(25)14-9-5-8-13(20-14)12-10-15(24)21-18-16(12)17(22-23-18)11-6-3-2-4-7-11/h2-9,12H,10H2,1H3,(H2,21,22,23,24)/t12-/m1/s1. The summed E-state index contributed by atoms with van der Waals surface area (Å²) in [6.07, 6.45) is 0.226. The second-order valence-electron chi connectivity index (χ2n) is 5.97. The number of carbonyl (C=O) groups is 2. The van der Waals surface area contributed by atoms with Crippen LogP contribution in [0.5, 0.6) is 0 Å². The average Bonchev–Trinajstić information content (AvgIpc) is 3.11. The van der Waals surface area contributed by atoms with Crippen LogP contribution < -0.4 is 5.32 Å². The summed E-state index contributed by atoms with van der Waals surface area (Å²) in [7, 11) is 1.31. The molecule has 0 spiro atoms. The van der Waals surface area contributed by atoms with Crippen LogP contribution in [-0.2, 0) is 9.53 Å². The molecule has 0 radical (unpaired) electrons. The first-order chi connectivity index (χ1) is 12.7. The number of hydrogen-bond donors (Lipinski definition) is 2. The molecular weight excluding hydrogens is 332 g/mol. The first-order valence-electron chi connectivity index (χ1n) is 8.16. The highest BCUT2D eigenvalue weighted by atomic mass is 16.5. The maximum Gasteiger partial charge on any atom is 0.356 e. The van der Waals surface area contributed by atoms with E-state index in [4.69, 9.17) is 4.74 Å². The molecule has 1 aliphatic rings. The van der Waals surface area contributed by atoms with E-state index in [9.17, 15) is 9.59 Å². The van der Waals surface area contributed by atoms with Gasteiger partial charge in [-0.15, -0.1) is 0 Å². The van der Waals surface area contributed by atoms with E-state index in [-0.39, 0.29) is 23.9 Å². The summed E-state index contributed by atoms with van der Waals surface area (Å²) in [5.41, 5.74) is 3.50. The Kier molecular flexibility index (Phi) is 3.96. The van der Waals surface area contributed by atoms with Crippen LogP contribution in [0.25, 0.3) is 11.3 Å². The van der Waals surface area contributed by atoms with Crippen LogP contribution in [0.15, 0.2) is 48.5 Å². The molecule has 26 heavy (non-hydrogen) atoms. The zero-order chi connectivity index (χ0) is 18.1. The molecule has 130 valence electrons. The maximum atomic E-state index is 12.1. The summed E-state index contributed by atoms with van der Waals surface area (Å²) < 4.78 is 4.75. The van der Waals surface area contributed by atoms with Crippen LogP contribution in [0.4, 0.5) is 5.82 Å². The molecule has 0 saturated carbocycles. The Bertz CT molecular complexity index is 981. The van der Waals surface area contributed by atoms with E-state index >= 15 is 0 Å². The van der Waals surface area contributed by atoms with Crippen molar-refractivity contribution in [3.05, 3.63) is 65.5 Å². The quantitative estimate of drug-likeness (QED) is 0.709. The highest BCUT2D eigenvalue weighted by Gasteiger charge is 2.33. The average molecular weight is 348 g/mol. The summed E-state index contributed by atoms with van der Waals surface area (Å²) >= 11 is 0. The van der Waals surface area contributed by atoms with Crippen molar-refractivity contribution in [2.75, 3.05) is 12.4 Å². The lowest BCUT2D eigenvalue weighted by Crippen LogP contribution is -2.24. The number of anilines is 1. The van der Waals surface area contributed by atoms with E-state index in [1.165, 1.54) is 7.11 Å². The Morgan fingerprint density at radius 2 is 1.96 bits per heavy atom. The zero-order valence-corrected chi connectivity index (χ0v) is 14.0. The molecule has 7 nitrogen and oxygen atoms in total. The van der Waals surface area contributed by atoms with E-state index in [0.29, 0.717) is 11.5 Å². The van der Waals surface area contributed by atoms with E-state index in [0.717, 1.165) is 16.8 Å². The predicted octanol–water partition coefficient (Wildman–Crippen LogP) is 2.73. The molecule has 2 N–H and O–H groups in total. The highest BCUT2D eigenvalue weighted by molar-refractivity contribution is 5.96. The van der Waals surface area contributed by atoms with Crippen molar-refractivity contribution < 1.29 is 14.3 Å². The molecule has 0 unspecified atom stereocenters. The molecule has 0 saturated heterocycles. The lowest BCUT2D eigenvalue weighted by atomic mass is 9.87. The molecule has 0 bridgehead atoms. The number of H-pyrrole nitrogens is 1. The number of aromatic nitrogens is 3. The number of fused-ring (bicyclic) bond motifs is 1. The third-order valence-electron chi connectivity index (χ3n) is 4.38. The Morgan fingerprint density at radius 1 is 1.15 bits per heavy atom. The Morgan fingerprint density at radius 3 is 2.73 bits per heavy atom. The third-order valence-corrected chi connectivity index (χ3v) is 4.38. The lowest BCUT2D eigenvalue weighted by molar-refractivity contribution is -0.116. The fourth-order valence-electron chi connectivity index (χ4n) is 3.20. The van der Waals surface area contributed by atoms with Gasteiger partial charge >= 0.3 is 5.97 Å². The van der Waals surface area contributed by atoms with Crippen LogP contribution in [0.2, 0.25) is 0 Å². The predicted molar refractivity (Wildman–Crippen MR) is 94.7 cm³/mol. The number of nitrogens with one attached hydrogen (secondary N) is 2. The Labute approximate surface area is 149 Å². The molecule has 0 fully saturated rings. The third kappa shape index (κ3) is 2.73. The van der Waals surface area contributed by atoms with Crippen LogP contribution in [-0.4, -0.2) is 34.2 Å². The maximum absolute atomic E-state index is 12.1. The SMILES string of the molecule is COC(=O)c1cccc([C@H]2CC(=O)Nc3n[nH]c(-c4ccccc4)c32)n1. The van der Waals surface area contributed by atoms with Gasteiger partial charge in [-0.2, -0.15) is 5.10 Å². The number of hydrogen-bond acceptors (Lipinski definition) is 5. The minimum atomic E-state index is -0.511. The summed E-state index contributed by atoms with van der Waals surface area (Å²) in [5, 5.41) is 10.1. The van der Waals surface area contributed by atoms with E-state index < -0.39 is 5.97 Å². The van der Waals surface area contributed by atoms with Gasteiger partial charge in [-0.05, 0) is 17.7 Å². The number of benzene rings is 1. The molecule has 3 aromatic rings. The summed E-state index contributed by atoms with van der Waals surface area (Å²) in [6, 6.07) is 14.9. The van der Waals surface area contributed by atoms with Crippen molar-refractivity contribution in [3.8, 4) is 11.3 Å². The number of rotatable bonds is 3. The van der Waals surface area contributed by atoms with Crippen LogP contribution in [0.1, 0.15) is 34.1 Å². The monoisotopic (exact) mass is 348 g/mol. The van der Waals surface area contributed by atoms with Crippen LogP contribution in [0.3, 0.4) is 0 Å². The fourth-order valence-corrected chi connectivity index (χ4v) is 3.20. The highest BCUT2D eigenvalue weighted by Crippen LogP contribution is 2.41. The van der Waals surface area contributed by atoms with Gasteiger partial charge in [0.1, 0.15) is 5.69 Å². The number of carbonyl (C=O) groups excluding carboxylic acids is 2. The zero-order valence-electron chi connectivity index (χ0n) is 14.0. The van der Waals surface area contributed by atoms with Crippen molar-refractivity contribution in [2.45, 2.75) is 12.3 Å². The fraction of sp³-hybridized carbons (Fsp3) is 0.158. The molecule has 1 aliphatic heterocycles. The number of aromatic amines is 1. The van der Waals surface area contributed by atoms with Gasteiger partial charge in [-0.25, -0.2) is 9.78 Å². The van der Waals surface area contributed by atoms with Crippen molar-refractivity contribution in [3.63, 3.8) is 0 Å². The minimum Gasteiger partial charge on any atom is -0.464 e. The summed E-state index contributed by atoms with van der Waals surface area (Å²) in [4.78, 5) is 28.4. The van der Waals surface area contributed by atoms with Crippen LogP contribution in [0, 0.1) is 0 Å². The number of ether oxygens (including phenoxy) is 1. The van der Waals surface area contributed by atoms with Gasteiger partial charge in [-0.3, -0.25) is 9.89 Å². The minimum absolute atomic E-state index is 0.140. The number of amides is 1. The molecule has 1 atom stereocenters. The van der Waals surface area contributed by atoms with Gasteiger partial charge in [-0.1, -0.05) is 36.4 Å². The van der Waals surface area contributed by atoms with E-state index in [1.807, 2.05) is 30.3 Å². The van der Waals surface area contributed by atoms with Crippen molar-refractivity contribution in [2.24, 2.45) is 0 Å². The Hall–Kier alpha value is -3.48. The number of esters is 1. The molecule has 7 heteroatoms. The smallest absolute Gasteiger partial charge is 0.356 e. The molecule has 0 aliphatic carbocycles. The van der Waals surface area contributed by atoms with E-state index in [1.54, 1.807) is 18.2 Å². The number of pyridine rings is 1. The lowest BCUT2D eigenvalue weighted by Gasteiger charge is -2.23.